The average molecular weight is 170 g/mol. The summed E-state index contributed by atoms with van der Waals surface area (Å²) < 4.78 is 2.08. The van der Waals surface area contributed by atoms with E-state index >= 15 is 0 Å². The van der Waals surface area contributed by atoms with Crippen LogP contribution < -0.4 is 0 Å². The summed E-state index contributed by atoms with van der Waals surface area (Å²) in [6.07, 6.45) is 0. The number of hydrogen-bond donors (Lipinski definition) is 0. The molecule has 0 atom stereocenters. The molecule has 0 aromatic rings. The fourth-order valence-corrected chi connectivity index (χ4v) is 1.17. The summed E-state index contributed by atoms with van der Waals surface area (Å²) in [6, 6.07) is 0.871. The maximum Gasteiger partial charge on any atom is 0.144 e. The Bertz CT molecular complexity index is 50.0. The van der Waals surface area contributed by atoms with Crippen molar-refractivity contribution < 1.29 is 0 Å². The van der Waals surface area contributed by atoms with E-state index in [-0.39, 0.29) is 4.84 Å². The van der Waals surface area contributed by atoms with Crippen molar-refractivity contribution in [1.82, 2.24) is 4.57 Å². The Balaban J connectivity index is 2.93. The van der Waals surface area contributed by atoms with E-state index in [4.69, 9.17) is 23.2 Å². The van der Waals surface area contributed by atoms with Crippen molar-refractivity contribution in [2.75, 3.05) is 14.1 Å². The van der Waals surface area contributed by atoms with E-state index in [0.717, 1.165) is 15.7 Å². The zero-order valence-corrected chi connectivity index (χ0v) is 7.50. The van der Waals surface area contributed by atoms with Crippen LogP contribution in [0.25, 0.3) is 0 Å². The molecule has 0 bridgehead atoms. The van der Waals surface area contributed by atoms with Crippen molar-refractivity contribution in [3.8, 4) is 0 Å². The standard InChI is InChI=1S/C4H9Cl2NSi/c1-7(2)8-3-4(5)6/h4H,3H2,1-2H3. The molecule has 0 aliphatic carbocycles. The second-order valence-corrected chi connectivity index (χ2v) is 4.54. The number of halogens is 2. The Hall–Kier alpha value is 0.757. The van der Waals surface area contributed by atoms with Crippen LogP contribution in [0.2, 0.25) is 6.04 Å². The lowest BCUT2D eigenvalue weighted by Crippen LogP contribution is -2.18. The van der Waals surface area contributed by atoms with Gasteiger partial charge in [0.1, 0.15) is 14.5 Å². The molecule has 0 aromatic carbocycles. The van der Waals surface area contributed by atoms with Crippen LogP contribution in [0.1, 0.15) is 0 Å². The first-order chi connectivity index (χ1) is 3.63. The van der Waals surface area contributed by atoms with Gasteiger partial charge in [-0.25, -0.2) is 0 Å². The van der Waals surface area contributed by atoms with Crippen molar-refractivity contribution in [2.24, 2.45) is 0 Å². The van der Waals surface area contributed by atoms with E-state index in [2.05, 4.69) is 4.57 Å². The normalized spacial score (nSPS) is 11.2. The van der Waals surface area contributed by atoms with Gasteiger partial charge in [0.15, 0.2) is 0 Å². The molecule has 0 aromatic heterocycles. The Morgan fingerprint density at radius 3 is 2.12 bits per heavy atom. The molecule has 0 aliphatic heterocycles. The highest BCUT2D eigenvalue weighted by atomic mass is 35.5. The van der Waals surface area contributed by atoms with Gasteiger partial charge in [0.05, 0.1) is 0 Å². The molecule has 0 rings (SSSR count). The van der Waals surface area contributed by atoms with Gasteiger partial charge >= 0.3 is 0 Å². The highest BCUT2D eigenvalue weighted by molar-refractivity contribution is 6.49. The number of rotatable bonds is 3. The van der Waals surface area contributed by atoms with Crippen LogP contribution in [0.5, 0.6) is 0 Å². The van der Waals surface area contributed by atoms with Gasteiger partial charge in [-0.1, -0.05) is 0 Å². The summed E-state index contributed by atoms with van der Waals surface area (Å²) in [6.45, 7) is 0. The molecule has 0 heterocycles. The third kappa shape index (κ3) is 6.76. The lowest BCUT2D eigenvalue weighted by molar-refractivity contribution is 0.658. The van der Waals surface area contributed by atoms with Gasteiger partial charge in [0, 0.05) is 0 Å². The summed E-state index contributed by atoms with van der Waals surface area (Å²) in [5, 5.41) is 0. The monoisotopic (exact) mass is 169 g/mol. The lowest BCUT2D eigenvalue weighted by atomic mass is 10.9. The molecule has 8 heavy (non-hydrogen) atoms. The first-order valence-electron chi connectivity index (χ1n) is 2.32. The van der Waals surface area contributed by atoms with Gasteiger partial charge in [-0.2, -0.15) is 0 Å². The van der Waals surface area contributed by atoms with E-state index in [9.17, 15) is 0 Å². The maximum absolute atomic E-state index is 5.47. The minimum Gasteiger partial charge on any atom is -0.331 e. The van der Waals surface area contributed by atoms with E-state index in [1.807, 2.05) is 14.1 Å². The van der Waals surface area contributed by atoms with Crippen LogP contribution >= 0.6 is 23.2 Å². The lowest BCUT2D eigenvalue weighted by Gasteiger charge is -2.06. The Morgan fingerprint density at radius 1 is 1.50 bits per heavy atom. The predicted octanol–water partition coefficient (Wildman–Crippen LogP) is 1.39. The molecule has 0 amide bonds. The molecule has 0 aliphatic rings. The van der Waals surface area contributed by atoms with Gasteiger partial charge in [0.2, 0.25) is 0 Å². The van der Waals surface area contributed by atoms with Crippen LogP contribution in [-0.4, -0.2) is 33.2 Å². The van der Waals surface area contributed by atoms with Gasteiger partial charge in [-0.15, -0.1) is 23.2 Å². The minimum absolute atomic E-state index is 0.198. The van der Waals surface area contributed by atoms with Crippen LogP contribution in [-0.2, 0) is 0 Å². The Kier molecular flexibility index (Phi) is 5.06. The zero-order chi connectivity index (χ0) is 6.57. The largest absolute Gasteiger partial charge is 0.331 e. The SMILES string of the molecule is CN(C)[Si]CC(Cl)Cl. The predicted molar refractivity (Wildman–Crippen MR) is 39.7 cm³/mol. The summed E-state index contributed by atoms with van der Waals surface area (Å²) in [5.41, 5.74) is 0. The molecule has 4 heteroatoms. The number of alkyl halides is 2. The Morgan fingerprint density at radius 2 is 2.00 bits per heavy atom. The van der Waals surface area contributed by atoms with Gasteiger partial charge in [-0.05, 0) is 20.1 Å². The van der Waals surface area contributed by atoms with Crippen molar-refractivity contribution in [1.29, 1.82) is 0 Å². The quantitative estimate of drug-likeness (QED) is 0.457. The van der Waals surface area contributed by atoms with Gasteiger partial charge in [-0.3, -0.25) is 0 Å². The molecule has 2 radical (unpaired) electrons. The summed E-state index contributed by atoms with van der Waals surface area (Å²) >= 11 is 10.9. The molecule has 0 spiro atoms. The van der Waals surface area contributed by atoms with Gasteiger partial charge in [0.25, 0.3) is 0 Å². The average Bonchev–Trinajstić information content (AvgIpc) is 1.61. The van der Waals surface area contributed by atoms with E-state index in [0.29, 0.717) is 0 Å². The first-order valence-corrected chi connectivity index (χ1v) is 4.34. The fourth-order valence-electron chi connectivity index (χ4n) is 0.252. The molecule has 0 saturated carbocycles. The summed E-state index contributed by atoms with van der Waals surface area (Å²) in [7, 11) is 4.76. The van der Waals surface area contributed by atoms with E-state index in [1.165, 1.54) is 0 Å². The summed E-state index contributed by atoms with van der Waals surface area (Å²) in [5.74, 6) is 0. The third-order valence-electron chi connectivity index (χ3n) is 0.562. The minimum atomic E-state index is -0.198. The topological polar surface area (TPSA) is 3.24 Å². The molecular formula is C4H9Cl2NSi. The third-order valence-corrected chi connectivity index (χ3v) is 2.61. The smallest absolute Gasteiger partial charge is 0.144 e. The van der Waals surface area contributed by atoms with Gasteiger partial charge < -0.3 is 4.57 Å². The molecule has 0 fully saturated rings. The molecule has 0 unspecified atom stereocenters. The molecular weight excluding hydrogens is 161 g/mol. The van der Waals surface area contributed by atoms with E-state index < -0.39 is 0 Å². The second kappa shape index (κ2) is 4.62. The zero-order valence-electron chi connectivity index (χ0n) is 4.99. The van der Waals surface area contributed by atoms with Crippen molar-refractivity contribution >= 4 is 32.9 Å². The van der Waals surface area contributed by atoms with Crippen LogP contribution in [0.15, 0.2) is 0 Å². The van der Waals surface area contributed by atoms with Crippen LogP contribution in [0.3, 0.4) is 0 Å². The second-order valence-electron chi connectivity index (χ2n) is 1.65. The fraction of sp³-hybridized carbons (Fsp3) is 1.00. The van der Waals surface area contributed by atoms with Crippen molar-refractivity contribution in [3.63, 3.8) is 0 Å². The first kappa shape index (κ1) is 8.76. The molecule has 48 valence electrons. The van der Waals surface area contributed by atoms with Crippen LogP contribution in [0, 0.1) is 0 Å². The Labute approximate surface area is 62.9 Å². The molecule has 0 saturated heterocycles. The van der Waals surface area contributed by atoms with Crippen LogP contribution in [0.4, 0.5) is 0 Å². The molecule has 1 nitrogen and oxygen atoms in total. The van der Waals surface area contributed by atoms with Crippen molar-refractivity contribution in [2.45, 2.75) is 10.9 Å². The highest BCUT2D eigenvalue weighted by Gasteiger charge is 1.99. The van der Waals surface area contributed by atoms with Crippen molar-refractivity contribution in [3.05, 3.63) is 0 Å². The molecule has 0 N–H and O–H groups in total. The van der Waals surface area contributed by atoms with E-state index in [1.54, 1.807) is 0 Å². The number of nitrogens with zero attached hydrogens (tertiary/aromatic N) is 1. The number of hydrogen-bond acceptors (Lipinski definition) is 1. The summed E-state index contributed by atoms with van der Waals surface area (Å²) in [4.78, 5) is -0.198. The maximum atomic E-state index is 5.47. The highest BCUT2D eigenvalue weighted by Crippen LogP contribution is 2.05.